The zero-order valence-corrected chi connectivity index (χ0v) is 12.1. The van der Waals surface area contributed by atoms with Crippen LogP contribution in [0.5, 0.6) is 0 Å². The van der Waals surface area contributed by atoms with Crippen LogP contribution in [0, 0.1) is 5.82 Å². The lowest BCUT2D eigenvalue weighted by atomic mass is 10.1. The van der Waals surface area contributed by atoms with E-state index in [1.165, 1.54) is 6.07 Å². The summed E-state index contributed by atoms with van der Waals surface area (Å²) in [7, 11) is 0. The molecule has 0 unspecified atom stereocenters. The average molecular weight is 308 g/mol. The number of rotatable bonds is 3. The van der Waals surface area contributed by atoms with E-state index < -0.39 is 5.91 Å². The number of primary amides is 1. The van der Waals surface area contributed by atoms with E-state index in [1.807, 2.05) is 16.7 Å². The maximum absolute atomic E-state index is 14.5. The zero-order valence-electron chi connectivity index (χ0n) is 12.1. The molecule has 0 bridgehead atoms. The second-order valence-corrected chi connectivity index (χ2v) is 5.37. The number of benzene rings is 2. The van der Waals surface area contributed by atoms with Gasteiger partial charge in [-0.3, -0.25) is 4.79 Å². The normalized spacial score (nSPS) is 11.3. The molecule has 0 fully saturated rings. The van der Waals surface area contributed by atoms with Crippen LogP contribution in [0.15, 0.2) is 59.2 Å². The molecule has 23 heavy (non-hydrogen) atoms. The summed E-state index contributed by atoms with van der Waals surface area (Å²) in [5.74, 6) is -0.172. The molecule has 0 saturated carbocycles. The van der Waals surface area contributed by atoms with Gasteiger partial charge in [0.15, 0.2) is 0 Å². The standard InChI is InChI=1S/C18H13FN2O2/c19-14-7-1-5-12-16-13(18(20)22)6-2-8-15(16)21(17(12)14)10-11-4-3-9-23-11/h1-9H,10H2,(H2,20,22). The number of halogens is 1. The molecule has 2 aromatic carbocycles. The molecule has 0 radical (unpaired) electrons. The first kappa shape index (κ1) is 13.6. The molecule has 0 spiro atoms. The first-order chi connectivity index (χ1) is 11.2. The van der Waals surface area contributed by atoms with Gasteiger partial charge in [-0.05, 0) is 30.3 Å². The quantitative estimate of drug-likeness (QED) is 0.627. The minimum absolute atomic E-state index is 0.347. The van der Waals surface area contributed by atoms with Gasteiger partial charge in [0.2, 0.25) is 5.91 Å². The number of aromatic nitrogens is 1. The maximum atomic E-state index is 14.5. The van der Waals surface area contributed by atoms with Crippen molar-refractivity contribution in [1.29, 1.82) is 0 Å². The number of nitrogens with two attached hydrogens (primary N) is 1. The fourth-order valence-corrected chi connectivity index (χ4v) is 3.09. The third-order valence-corrected chi connectivity index (χ3v) is 4.02. The van der Waals surface area contributed by atoms with Crippen molar-refractivity contribution in [2.45, 2.75) is 6.54 Å². The Hall–Kier alpha value is -3.08. The van der Waals surface area contributed by atoms with Crippen LogP contribution < -0.4 is 5.73 Å². The predicted octanol–water partition coefficient (Wildman–Crippen LogP) is 3.67. The molecule has 5 heteroatoms. The van der Waals surface area contributed by atoms with Gasteiger partial charge in [0.1, 0.15) is 11.6 Å². The number of carbonyl (C=O) groups is 1. The smallest absolute Gasteiger partial charge is 0.249 e. The third kappa shape index (κ3) is 2.01. The summed E-state index contributed by atoms with van der Waals surface area (Å²) in [6.45, 7) is 0.371. The molecule has 1 amide bonds. The molecule has 4 rings (SSSR count). The van der Waals surface area contributed by atoms with Crippen molar-refractivity contribution in [3.8, 4) is 0 Å². The van der Waals surface area contributed by atoms with E-state index in [2.05, 4.69) is 0 Å². The highest BCUT2D eigenvalue weighted by Gasteiger charge is 2.19. The van der Waals surface area contributed by atoms with E-state index in [0.717, 1.165) is 5.52 Å². The lowest BCUT2D eigenvalue weighted by Crippen LogP contribution is -2.11. The molecule has 0 aliphatic heterocycles. The van der Waals surface area contributed by atoms with E-state index in [0.29, 0.717) is 34.2 Å². The fourth-order valence-electron chi connectivity index (χ4n) is 3.09. The van der Waals surface area contributed by atoms with Crippen LogP contribution in [-0.2, 0) is 6.54 Å². The summed E-state index contributed by atoms with van der Waals surface area (Å²) in [6.07, 6.45) is 1.58. The van der Waals surface area contributed by atoms with Crippen molar-refractivity contribution in [3.05, 3.63) is 71.9 Å². The summed E-state index contributed by atoms with van der Waals surface area (Å²) in [6, 6.07) is 13.7. The van der Waals surface area contributed by atoms with Gasteiger partial charge in [-0.1, -0.05) is 18.2 Å². The van der Waals surface area contributed by atoms with Crippen LogP contribution in [0.3, 0.4) is 0 Å². The molecule has 0 aliphatic carbocycles. The van der Waals surface area contributed by atoms with Crippen molar-refractivity contribution in [1.82, 2.24) is 4.57 Å². The van der Waals surface area contributed by atoms with Gasteiger partial charge in [0, 0.05) is 16.3 Å². The van der Waals surface area contributed by atoms with Gasteiger partial charge in [-0.15, -0.1) is 0 Å². The monoisotopic (exact) mass is 308 g/mol. The van der Waals surface area contributed by atoms with Gasteiger partial charge in [0.25, 0.3) is 0 Å². The van der Waals surface area contributed by atoms with Crippen molar-refractivity contribution in [2.75, 3.05) is 0 Å². The van der Waals surface area contributed by atoms with Gasteiger partial charge in [-0.25, -0.2) is 4.39 Å². The number of carbonyl (C=O) groups excluding carboxylic acids is 1. The fraction of sp³-hybridized carbons (Fsp3) is 0.0556. The van der Waals surface area contributed by atoms with E-state index in [1.54, 1.807) is 36.6 Å². The van der Waals surface area contributed by atoms with Crippen LogP contribution in [0.1, 0.15) is 16.1 Å². The summed E-state index contributed by atoms with van der Waals surface area (Å²) in [5.41, 5.74) is 7.06. The van der Waals surface area contributed by atoms with Crippen LogP contribution >= 0.6 is 0 Å². The number of amides is 1. The second-order valence-electron chi connectivity index (χ2n) is 5.37. The Morgan fingerprint density at radius 3 is 2.70 bits per heavy atom. The minimum Gasteiger partial charge on any atom is -0.467 e. The van der Waals surface area contributed by atoms with Crippen LogP contribution in [-0.4, -0.2) is 10.5 Å². The number of nitrogens with zero attached hydrogens (tertiary/aromatic N) is 1. The van der Waals surface area contributed by atoms with E-state index in [-0.39, 0.29) is 5.82 Å². The molecule has 2 N–H and O–H groups in total. The molecular weight excluding hydrogens is 295 g/mol. The molecule has 114 valence electrons. The van der Waals surface area contributed by atoms with Crippen molar-refractivity contribution in [2.24, 2.45) is 5.73 Å². The Morgan fingerprint density at radius 2 is 1.96 bits per heavy atom. The molecule has 4 aromatic rings. The Kier molecular flexibility index (Phi) is 2.94. The summed E-state index contributed by atoms with van der Waals surface area (Å²) >= 11 is 0. The first-order valence-corrected chi connectivity index (χ1v) is 7.18. The number of fused-ring (bicyclic) bond motifs is 3. The number of hydrogen-bond acceptors (Lipinski definition) is 2. The van der Waals surface area contributed by atoms with Crippen LogP contribution in [0.4, 0.5) is 4.39 Å². The third-order valence-electron chi connectivity index (χ3n) is 4.02. The highest BCUT2D eigenvalue weighted by atomic mass is 19.1. The highest BCUT2D eigenvalue weighted by molar-refractivity contribution is 6.17. The van der Waals surface area contributed by atoms with Gasteiger partial charge in [0.05, 0.1) is 23.8 Å². The molecule has 0 saturated heterocycles. The summed E-state index contributed by atoms with van der Waals surface area (Å²) in [4.78, 5) is 11.8. The molecule has 4 nitrogen and oxygen atoms in total. The molecular formula is C18H13FN2O2. The van der Waals surface area contributed by atoms with E-state index in [4.69, 9.17) is 10.2 Å². The van der Waals surface area contributed by atoms with E-state index in [9.17, 15) is 9.18 Å². The van der Waals surface area contributed by atoms with Crippen LogP contribution in [0.2, 0.25) is 0 Å². The highest BCUT2D eigenvalue weighted by Crippen LogP contribution is 2.33. The lowest BCUT2D eigenvalue weighted by molar-refractivity contribution is 0.100. The van der Waals surface area contributed by atoms with E-state index >= 15 is 0 Å². The topological polar surface area (TPSA) is 61.2 Å². The largest absolute Gasteiger partial charge is 0.467 e. The minimum atomic E-state index is -0.531. The lowest BCUT2D eigenvalue weighted by Gasteiger charge is -2.06. The number of para-hydroxylation sites is 1. The first-order valence-electron chi connectivity index (χ1n) is 7.18. The molecule has 2 aromatic heterocycles. The Morgan fingerprint density at radius 1 is 1.13 bits per heavy atom. The number of hydrogen-bond donors (Lipinski definition) is 1. The average Bonchev–Trinajstić information content (AvgIpc) is 3.15. The Labute approximate surface area is 130 Å². The maximum Gasteiger partial charge on any atom is 0.249 e. The predicted molar refractivity (Wildman–Crippen MR) is 85.7 cm³/mol. The number of furan rings is 1. The van der Waals surface area contributed by atoms with Gasteiger partial charge < -0.3 is 14.7 Å². The SMILES string of the molecule is NC(=O)c1cccc2c1c1cccc(F)c1n2Cc1ccco1. The molecule has 0 atom stereocenters. The van der Waals surface area contributed by atoms with Crippen molar-refractivity contribution < 1.29 is 13.6 Å². The Balaban J connectivity index is 2.14. The molecule has 2 heterocycles. The van der Waals surface area contributed by atoms with Crippen molar-refractivity contribution in [3.63, 3.8) is 0 Å². The molecule has 0 aliphatic rings. The Bertz CT molecular complexity index is 1030. The summed E-state index contributed by atoms with van der Waals surface area (Å²) < 4.78 is 21.7. The zero-order chi connectivity index (χ0) is 16.0. The second kappa shape index (κ2) is 4.98. The van der Waals surface area contributed by atoms with Gasteiger partial charge in [-0.2, -0.15) is 0 Å². The summed E-state index contributed by atoms with van der Waals surface area (Å²) in [5, 5.41) is 1.34. The van der Waals surface area contributed by atoms with Gasteiger partial charge >= 0.3 is 0 Å². The van der Waals surface area contributed by atoms with Crippen molar-refractivity contribution >= 4 is 27.7 Å². The van der Waals surface area contributed by atoms with Crippen LogP contribution in [0.25, 0.3) is 21.8 Å².